The molecule has 0 aliphatic rings. The van der Waals surface area contributed by atoms with E-state index in [1.807, 2.05) is 53.1 Å². The quantitative estimate of drug-likeness (QED) is 0.281. The second-order valence-electron chi connectivity index (χ2n) is 9.28. The molecule has 2 aromatic carbocycles. The maximum Gasteiger partial charge on any atom is 0.257 e. The van der Waals surface area contributed by atoms with Gasteiger partial charge in [0.1, 0.15) is 10.4 Å². The first-order valence-electron chi connectivity index (χ1n) is 12.9. The molecule has 10 heteroatoms. The number of benzene rings is 2. The van der Waals surface area contributed by atoms with Gasteiger partial charge >= 0.3 is 0 Å². The molecule has 6 rings (SSSR count). The average Bonchev–Trinajstić information content (AvgIpc) is 3.70. The summed E-state index contributed by atoms with van der Waals surface area (Å²) in [6.45, 7) is 2.81. The number of hydrogen-bond donors (Lipinski definition) is 2. The van der Waals surface area contributed by atoms with Crippen molar-refractivity contribution in [1.82, 2.24) is 35.5 Å². The monoisotopic (exact) mass is 547 g/mol. The van der Waals surface area contributed by atoms with E-state index in [4.69, 9.17) is 0 Å². The largest absolute Gasteiger partial charge is 0.346 e. The summed E-state index contributed by atoms with van der Waals surface area (Å²) in [4.78, 5) is 32.7. The number of fused-ring (bicyclic) bond motifs is 1. The Labute approximate surface area is 233 Å². The van der Waals surface area contributed by atoms with E-state index in [2.05, 4.69) is 62.1 Å². The predicted molar refractivity (Wildman–Crippen MR) is 155 cm³/mol. The van der Waals surface area contributed by atoms with Gasteiger partial charge in [-0.15, -0.1) is 16.4 Å². The second kappa shape index (κ2) is 11.0. The zero-order chi connectivity index (χ0) is 27.5. The molecule has 4 heterocycles. The van der Waals surface area contributed by atoms with E-state index in [1.165, 1.54) is 0 Å². The summed E-state index contributed by atoms with van der Waals surface area (Å²) in [7, 11) is 0. The summed E-state index contributed by atoms with van der Waals surface area (Å²) < 4.78 is 2.00. The van der Waals surface area contributed by atoms with Crippen molar-refractivity contribution in [1.29, 1.82) is 0 Å². The van der Waals surface area contributed by atoms with Crippen LogP contribution >= 0.6 is 11.3 Å². The first kappa shape index (κ1) is 25.3. The fraction of sp³-hybridized carbons (Fsp3) is 0.133. The van der Waals surface area contributed by atoms with Crippen molar-refractivity contribution < 1.29 is 4.79 Å². The van der Waals surface area contributed by atoms with Crippen LogP contribution in [0.5, 0.6) is 0 Å². The molecule has 0 spiro atoms. The topological polar surface area (TPSA) is 118 Å². The molecule has 0 atom stereocenters. The van der Waals surface area contributed by atoms with Crippen LogP contribution in [0.3, 0.4) is 0 Å². The standard InChI is InChI=1S/C30H25N7O2S/c1-2-22-15-25-27(38)26(29(39)32-16-21-7-5-6-14-31-21)18-37(30(25)40-22)17-19-10-12-20(13-11-19)23-8-3-4-9-24(23)28-33-35-36-34-28/h3-15,18H,2,16-17H2,1H3,(H,32,39)(H,33,34,35,36). The molecule has 6 aromatic rings. The number of nitrogens with one attached hydrogen (secondary N) is 2. The molecule has 0 saturated heterocycles. The van der Waals surface area contributed by atoms with Crippen LogP contribution in [-0.4, -0.2) is 36.1 Å². The molecule has 0 aliphatic heterocycles. The lowest BCUT2D eigenvalue weighted by molar-refractivity contribution is 0.0949. The van der Waals surface area contributed by atoms with E-state index in [-0.39, 0.29) is 17.5 Å². The van der Waals surface area contributed by atoms with Crippen LogP contribution < -0.4 is 10.7 Å². The Morgan fingerprint density at radius 1 is 1.02 bits per heavy atom. The van der Waals surface area contributed by atoms with E-state index in [1.54, 1.807) is 23.7 Å². The number of carbonyl (C=O) groups is 1. The van der Waals surface area contributed by atoms with Crippen molar-refractivity contribution >= 4 is 27.5 Å². The fourth-order valence-electron chi connectivity index (χ4n) is 4.65. The van der Waals surface area contributed by atoms with Crippen LogP contribution in [0.4, 0.5) is 0 Å². The molecule has 40 heavy (non-hydrogen) atoms. The van der Waals surface area contributed by atoms with Gasteiger partial charge in [0.05, 0.1) is 17.6 Å². The molecule has 9 nitrogen and oxygen atoms in total. The van der Waals surface area contributed by atoms with E-state index >= 15 is 0 Å². The third-order valence-electron chi connectivity index (χ3n) is 6.69. The number of tetrazole rings is 1. The first-order chi connectivity index (χ1) is 19.6. The van der Waals surface area contributed by atoms with Crippen molar-refractivity contribution in [2.24, 2.45) is 0 Å². The first-order valence-corrected chi connectivity index (χ1v) is 13.7. The Hall–Kier alpha value is -4.96. The molecular weight excluding hydrogens is 522 g/mol. The number of H-pyrrole nitrogens is 1. The number of aryl methyl sites for hydroxylation is 1. The molecule has 0 bridgehead atoms. The highest BCUT2D eigenvalue weighted by molar-refractivity contribution is 7.18. The third kappa shape index (κ3) is 5.04. The summed E-state index contributed by atoms with van der Waals surface area (Å²) in [6, 6.07) is 23.6. The number of amides is 1. The maximum absolute atomic E-state index is 13.3. The summed E-state index contributed by atoms with van der Waals surface area (Å²) in [5.41, 5.74) is 4.58. The van der Waals surface area contributed by atoms with Gasteiger partial charge < -0.3 is 9.88 Å². The summed E-state index contributed by atoms with van der Waals surface area (Å²) in [6.07, 6.45) is 4.16. The number of thiophene rings is 1. The van der Waals surface area contributed by atoms with E-state index < -0.39 is 5.91 Å². The van der Waals surface area contributed by atoms with E-state index in [9.17, 15) is 9.59 Å². The van der Waals surface area contributed by atoms with Gasteiger partial charge in [0.2, 0.25) is 5.43 Å². The zero-order valence-corrected chi connectivity index (χ0v) is 22.5. The number of aromatic nitrogens is 6. The lowest BCUT2D eigenvalue weighted by atomic mass is 9.98. The highest BCUT2D eigenvalue weighted by atomic mass is 32.1. The Morgan fingerprint density at radius 2 is 1.82 bits per heavy atom. The van der Waals surface area contributed by atoms with Crippen molar-refractivity contribution in [3.63, 3.8) is 0 Å². The molecule has 0 fully saturated rings. The molecule has 0 aliphatic carbocycles. The van der Waals surface area contributed by atoms with Gasteiger partial charge in [0.15, 0.2) is 5.82 Å². The molecule has 4 aromatic heterocycles. The van der Waals surface area contributed by atoms with Crippen molar-refractivity contribution in [3.05, 3.63) is 117 Å². The molecule has 0 unspecified atom stereocenters. The van der Waals surface area contributed by atoms with Crippen molar-refractivity contribution in [3.8, 4) is 22.5 Å². The van der Waals surface area contributed by atoms with Crippen LogP contribution in [0.15, 0.2) is 90.0 Å². The Kier molecular flexibility index (Phi) is 6.98. The van der Waals surface area contributed by atoms with E-state index in [0.717, 1.165) is 44.1 Å². The minimum Gasteiger partial charge on any atom is -0.346 e. The smallest absolute Gasteiger partial charge is 0.257 e. The van der Waals surface area contributed by atoms with Crippen LogP contribution in [0.25, 0.3) is 32.7 Å². The highest BCUT2D eigenvalue weighted by Gasteiger charge is 2.18. The Morgan fingerprint density at radius 3 is 2.55 bits per heavy atom. The number of nitrogens with zero attached hydrogens (tertiary/aromatic N) is 5. The normalized spacial score (nSPS) is 11.1. The van der Waals surface area contributed by atoms with Crippen LogP contribution in [0, 0.1) is 0 Å². The van der Waals surface area contributed by atoms with Gasteiger partial charge in [0.25, 0.3) is 5.91 Å². The van der Waals surface area contributed by atoms with Crippen LogP contribution in [0.1, 0.15) is 33.4 Å². The number of rotatable bonds is 8. The van der Waals surface area contributed by atoms with Crippen LogP contribution in [-0.2, 0) is 19.5 Å². The van der Waals surface area contributed by atoms with E-state index in [0.29, 0.717) is 17.8 Å². The Bertz CT molecular complexity index is 1840. The zero-order valence-electron chi connectivity index (χ0n) is 21.7. The summed E-state index contributed by atoms with van der Waals surface area (Å²) in [5, 5.41) is 17.7. The number of pyridine rings is 2. The lowest BCUT2D eigenvalue weighted by Gasteiger charge is -2.13. The predicted octanol–water partition coefficient (Wildman–Crippen LogP) is 4.85. The molecule has 0 saturated carbocycles. The summed E-state index contributed by atoms with van der Waals surface area (Å²) in [5.74, 6) is 0.193. The number of hydrogen-bond acceptors (Lipinski definition) is 7. The van der Waals surface area contributed by atoms with Gasteiger partial charge in [-0.05, 0) is 51.7 Å². The molecular formula is C30H25N7O2S. The second-order valence-corrected chi connectivity index (χ2v) is 10.4. The van der Waals surface area contributed by atoms with Crippen LogP contribution in [0.2, 0.25) is 0 Å². The van der Waals surface area contributed by atoms with Gasteiger partial charge in [0, 0.05) is 29.4 Å². The SMILES string of the molecule is CCc1cc2c(=O)c(C(=O)NCc3ccccn3)cn(Cc3ccc(-c4ccccc4-c4nnn[nH]4)cc3)c2s1. The summed E-state index contributed by atoms with van der Waals surface area (Å²) >= 11 is 1.59. The number of aromatic amines is 1. The minimum absolute atomic E-state index is 0.120. The maximum atomic E-state index is 13.3. The highest BCUT2D eigenvalue weighted by Crippen LogP contribution is 2.30. The molecule has 198 valence electrons. The van der Waals surface area contributed by atoms with Gasteiger partial charge in [-0.2, -0.15) is 0 Å². The van der Waals surface area contributed by atoms with Gasteiger partial charge in [-0.3, -0.25) is 14.6 Å². The minimum atomic E-state index is -0.413. The fourth-order valence-corrected chi connectivity index (χ4v) is 5.71. The third-order valence-corrected chi connectivity index (χ3v) is 8.01. The van der Waals surface area contributed by atoms with Gasteiger partial charge in [-0.25, -0.2) is 5.10 Å². The molecule has 2 N–H and O–H groups in total. The number of carbonyl (C=O) groups excluding carboxylic acids is 1. The average molecular weight is 548 g/mol. The Balaban J connectivity index is 1.32. The molecule has 0 radical (unpaired) electrons. The molecule has 1 amide bonds. The van der Waals surface area contributed by atoms with Crippen molar-refractivity contribution in [2.75, 3.05) is 0 Å². The van der Waals surface area contributed by atoms with Gasteiger partial charge in [-0.1, -0.05) is 61.5 Å². The lowest BCUT2D eigenvalue weighted by Crippen LogP contribution is -2.29. The van der Waals surface area contributed by atoms with Crippen molar-refractivity contribution in [2.45, 2.75) is 26.4 Å².